The van der Waals surface area contributed by atoms with Crippen molar-refractivity contribution < 1.29 is 31.1 Å². The Bertz CT molecular complexity index is 1230. The summed E-state index contributed by atoms with van der Waals surface area (Å²) in [6, 6.07) is 7.06. The quantitative estimate of drug-likeness (QED) is 0.569. The number of anilines is 1. The number of hydrogen-bond acceptors (Lipinski definition) is 5. The van der Waals surface area contributed by atoms with Crippen molar-refractivity contribution in [2.75, 3.05) is 24.2 Å². The minimum atomic E-state index is -4.65. The molecule has 1 amide bonds. The maximum absolute atomic E-state index is 13.4. The molecule has 2 aromatic carbocycles. The second kappa shape index (κ2) is 8.96. The van der Waals surface area contributed by atoms with Gasteiger partial charge in [-0.25, -0.2) is 8.42 Å². The summed E-state index contributed by atoms with van der Waals surface area (Å²) in [5, 5.41) is 0.581. The highest BCUT2D eigenvalue weighted by molar-refractivity contribution is 7.90. The van der Waals surface area contributed by atoms with Crippen molar-refractivity contribution in [3.8, 4) is 5.75 Å². The Labute approximate surface area is 201 Å². The van der Waals surface area contributed by atoms with Crippen molar-refractivity contribution in [2.24, 2.45) is 0 Å². The topological polar surface area (TPSA) is 66.9 Å². The van der Waals surface area contributed by atoms with E-state index in [2.05, 4.69) is 4.90 Å². The van der Waals surface area contributed by atoms with Gasteiger partial charge in [-0.2, -0.15) is 13.2 Å². The lowest BCUT2D eigenvalue weighted by Gasteiger charge is -2.22. The lowest BCUT2D eigenvalue weighted by atomic mass is 10.1. The number of nitrogens with zero attached hydrogens (tertiary/aromatic N) is 2. The second-order valence-corrected chi connectivity index (χ2v) is 11.1. The van der Waals surface area contributed by atoms with Gasteiger partial charge in [-0.1, -0.05) is 11.6 Å². The maximum atomic E-state index is 13.4. The number of halogens is 4. The third kappa shape index (κ3) is 4.98. The first-order valence-corrected chi connectivity index (χ1v) is 13.0. The second-order valence-electron chi connectivity index (χ2n) is 8.66. The predicted octanol–water partition coefficient (Wildman–Crippen LogP) is 4.83. The Balaban J connectivity index is 1.65. The van der Waals surface area contributed by atoms with Crippen LogP contribution in [0, 0.1) is 0 Å². The fourth-order valence-electron chi connectivity index (χ4n) is 4.19. The summed E-state index contributed by atoms with van der Waals surface area (Å²) in [6.45, 7) is 3.05. The van der Waals surface area contributed by atoms with Crippen LogP contribution in [0.2, 0.25) is 5.02 Å². The van der Waals surface area contributed by atoms with Crippen LogP contribution >= 0.6 is 11.6 Å². The molecular formula is C23H24ClF3N2O4S. The van der Waals surface area contributed by atoms with E-state index in [9.17, 15) is 26.4 Å². The van der Waals surface area contributed by atoms with Crippen LogP contribution in [-0.2, 0) is 22.9 Å². The molecule has 0 N–H and O–H groups in total. The molecule has 0 spiro atoms. The van der Waals surface area contributed by atoms with Crippen LogP contribution in [0.1, 0.15) is 41.3 Å². The van der Waals surface area contributed by atoms with Gasteiger partial charge in [-0.15, -0.1) is 0 Å². The number of carbonyl (C=O) groups excluding carboxylic acids is 1. The van der Waals surface area contributed by atoms with E-state index in [1.165, 1.54) is 4.90 Å². The molecule has 2 aromatic rings. The van der Waals surface area contributed by atoms with E-state index in [1.54, 1.807) is 0 Å². The lowest BCUT2D eigenvalue weighted by molar-refractivity contribution is -0.189. The third-order valence-corrected chi connectivity index (χ3v) is 7.51. The molecule has 11 heteroatoms. The van der Waals surface area contributed by atoms with E-state index in [1.807, 2.05) is 12.1 Å². The molecule has 1 atom stereocenters. The first-order valence-electron chi connectivity index (χ1n) is 10.8. The largest absolute Gasteiger partial charge is 0.480 e. The van der Waals surface area contributed by atoms with Gasteiger partial charge in [0.25, 0.3) is 5.91 Å². The van der Waals surface area contributed by atoms with Gasteiger partial charge in [-0.3, -0.25) is 4.79 Å². The number of hydrogen-bond donors (Lipinski definition) is 0. The van der Waals surface area contributed by atoms with E-state index in [-0.39, 0.29) is 29.3 Å². The first kappa shape index (κ1) is 24.7. The van der Waals surface area contributed by atoms with Gasteiger partial charge in [0.15, 0.2) is 15.9 Å². The van der Waals surface area contributed by atoms with Crippen LogP contribution in [-0.4, -0.2) is 50.9 Å². The fourth-order valence-corrected chi connectivity index (χ4v) is 5.14. The van der Waals surface area contributed by atoms with E-state index in [0.717, 1.165) is 74.1 Å². The Hall–Kier alpha value is -2.46. The van der Waals surface area contributed by atoms with Gasteiger partial charge >= 0.3 is 6.18 Å². The summed E-state index contributed by atoms with van der Waals surface area (Å²) in [7, 11) is -3.70. The SMILES string of the molecule is C[C@H](Oc1ccc(S(C)(=O)=O)cc1C(=O)N1Cc2cc(Cl)c(N3CCCC3)cc2C1)C(F)(F)F. The number of alkyl halides is 3. The van der Waals surface area contributed by atoms with Crippen LogP contribution in [0.15, 0.2) is 35.2 Å². The predicted molar refractivity (Wildman–Crippen MR) is 122 cm³/mol. The molecule has 0 aliphatic carbocycles. The van der Waals surface area contributed by atoms with E-state index < -0.39 is 28.0 Å². The minimum absolute atomic E-state index is 0.182. The summed E-state index contributed by atoms with van der Waals surface area (Å²) in [4.78, 5) is 16.9. The lowest BCUT2D eigenvalue weighted by Crippen LogP contribution is -2.32. The number of benzene rings is 2. The molecule has 0 radical (unpaired) electrons. The van der Waals surface area contributed by atoms with Gasteiger partial charge < -0.3 is 14.5 Å². The van der Waals surface area contributed by atoms with Crippen molar-refractivity contribution in [2.45, 2.75) is 50.0 Å². The zero-order valence-corrected chi connectivity index (χ0v) is 20.2. The summed E-state index contributed by atoms with van der Waals surface area (Å²) in [5.41, 5.74) is 2.39. The van der Waals surface area contributed by atoms with Crippen molar-refractivity contribution >= 4 is 33.0 Å². The summed E-state index contributed by atoms with van der Waals surface area (Å²) < 4.78 is 68.4. The number of ether oxygens (including phenoxy) is 1. The van der Waals surface area contributed by atoms with Crippen molar-refractivity contribution in [3.63, 3.8) is 0 Å². The van der Waals surface area contributed by atoms with Crippen LogP contribution in [0.3, 0.4) is 0 Å². The number of fused-ring (bicyclic) bond motifs is 1. The smallest absolute Gasteiger partial charge is 0.425 e. The van der Waals surface area contributed by atoms with Crippen molar-refractivity contribution in [1.82, 2.24) is 4.90 Å². The van der Waals surface area contributed by atoms with Crippen molar-refractivity contribution in [3.05, 3.63) is 52.0 Å². The number of sulfone groups is 1. The third-order valence-electron chi connectivity index (χ3n) is 6.10. The Morgan fingerprint density at radius 1 is 1.09 bits per heavy atom. The molecule has 6 nitrogen and oxygen atoms in total. The highest BCUT2D eigenvalue weighted by Gasteiger charge is 2.39. The molecule has 34 heavy (non-hydrogen) atoms. The van der Waals surface area contributed by atoms with E-state index in [4.69, 9.17) is 16.3 Å². The molecule has 0 unspecified atom stereocenters. The van der Waals surface area contributed by atoms with Gasteiger partial charge in [-0.05, 0) is 61.2 Å². The normalized spacial score (nSPS) is 17.1. The highest BCUT2D eigenvalue weighted by atomic mass is 35.5. The Morgan fingerprint density at radius 3 is 2.29 bits per heavy atom. The summed E-state index contributed by atoms with van der Waals surface area (Å²) in [6.07, 6.45) is -3.71. The number of carbonyl (C=O) groups is 1. The van der Waals surface area contributed by atoms with Gasteiger partial charge in [0.1, 0.15) is 5.75 Å². The fraction of sp³-hybridized carbons (Fsp3) is 0.435. The average molecular weight is 517 g/mol. The van der Waals surface area contributed by atoms with Crippen LogP contribution in [0.5, 0.6) is 5.75 Å². The van der Waals surface area contributed by atoms with Crippen LogP contribution < -0.4 is 9.64 Å². The minimum Gasteiger partial charge on any atom is -0.480 e. The molecule has 0 saturated carbocycles. The zero-order valence-electron chi connectivity index (χ0n) is 18.7. The molecule has 0 aromatic heterocycles. The van der Waals surface area contributed by atoms with E-state index in [0.29, 0.717) is 5.02 Å². The molecular weight excluding hydrogens is 493 g/mol. The molecule has 2 heterocycles. The molecule has 2 aliphatic rings. The molecule has 4 rings (SSSR count). The number of amides is 1. The first-order chi connectivity index (χ1) is 15.8. The average Bonchev–Trinajstić information content (AvgIpc) is 3.41. The Morgan fingerprint density at radius 2 is 1.71 bits per heavy atom. The van der Waals surface area contributed by atoms with Crippen molar-refractivity contribution in [1.29, 1.82) is 0 Å². The van der Waals surface area contributed by atoms with Gasteiger partial charge in [0.2, 0.25) is 0 Å². The van der Waals surface area contributed by atoms with Crippen LogP contribution in [0.25, 0.3) is 0 Å². The maximum Gasteiger partial charge on any atom is 0.425 e. The molecule has 184 valence electrons. The summed E-state index contributed by atoms with van der Waals surface area (Å²) in [5.74, 6) is -0.945. The molecule has 2 aliphatic heterocycles. The van der Waals surface area contributed by atoms with Gasteiger partial charge in [0, 0.05) is 32.4 Å². The Kier molecular flexibility index (Phi) is 6.50. The van der Waals surface area contributed by atoms with Crippen LogP contribution in [0.4, 0.5) is 18.9 Å². The number of rotatable bonds is 5. The molecule has 0 bridgehead atoms. The van der Waals surface area contributed by atoms with E-state index >= 15 is 0 Å². The zero-order chi connectivity index (χ0) is 24.8. The summed E-state index contributed by atoms with van der Waals surface area (Å²) >= 11 is 6.49. The van der Waals surface area contributed by atoms with Gasteiger partial charge in [0.05, 0.1) is 21.2 Å². The standard InChI is InChI=1S/C23H24ClF3N2O4S/c1-14(23(25,26)27)33-21-6-5-17(34(2,31)32)11-18(21)22(30)29-12-15-9-19(24)20(10-16(15)13-29)28-7-3-4-8-28/h5-6,9-11,14H,3-4,7-8,12-13H2,1-2H3/t14-/m0/s1. The molecule has 1 fully saturated rings. The monoisotopic (exact) mass is 516 g/mol. The molecule has 1 saturated heterocycles. The highest BCUT2D eigenvalue weighted by Crippen LogP contribution is 2.37.